The number of anilines is 1. The zero-order valence-electron chi connectivity index (χ0n) is 18.3. The number of hydrogen-bond donors (Lipinski definition) is 1. The summed E-state index contributed by atoms with van der Waals surface area (Å²) >= 11 is 0. The molecule has 0 bridgehead atoms. The molecule has 0 aliphatic carbocycles. The van der Waals surface area contributed by atoms with Gasteiger partial charge in [0.05, 0.1) is 38.4 Å². The van der Waals surface area contributed by atoms with Gasteiger partial charge in [-0.15, -0.1) is 0 Å². The second kappa shape index (κ2) is 6.91. The number of imidazole rings is 1. The highest BCUT2D eigenvalue weighted by atomic mass is 16.2. The third-order valence-corrected chi connectivity index (χ3v) is 6.86. The van der Waals surface area contributed by atoms with Crippen molar-refractivity contribution < 1.29 is 9.69 Å². The quantitative estimate of drug-likeness (QED) is 0.582. The minimum absolute atomic E-state index is 0.00315. The van der Waals surface area contributed by atoms with Crippen LogP contribution in [0.5, 0.6) is 0 Å². The molecule has 3 aromatic rings. The Bertz CT molecular complexity index is 1330. The first-order valence-corrected chi connectivity index (χ1v) is 10.6. The smallest absolute Gasteiger partial charge is 0.332 e. The standard InChI is InChI=1S/C22H26N6O3/c1-13-5-6-16-14(9-13)15-10-24(2)8-7-17(15)28(16)18(29)11-27-12-23-20-19(27)21(30)26(4)22(31)25(20)3/h5-6,9,12,15,17H,7-8,10-11H2,1-4H3/p+1/t15-,17+/m0/s1. The highest BCUT2D eigenvalue weighted by Crippen LogP contribution is 2.43. The van der Waals surface area contributed by atoms with Crippen molar-refractivity contribution in [3.8, 4) is 0 Å². The fraction of sp³-hybridized carbons (Fsp3) is 0.455. The van der Waals surface area contributed by atoms with Crippen molar-refractivity contribution in [3.05, 3.63) is 56.5 Å². The highest BCUT2D eigenvalue weighted by molar-refractivity contribution is 5.97. The Morgan fingerprint density at radius 1 is 1.23 bits per heavy atom. The number of likely N-dealkylation sites (tertiary alicyclic amines) is 1. The second-order valence-electron chi connectivity index (χ2n) is 8.95. The third-order valence-electron chi connectivity index (χ3n) is 6.86. The number of aromatic nitrogens is 4. The number of quaternary nitrogens is 1. The van der Waals surface area contributed by atoms with Gasteiger partial charge in [-0.25, -0.2) is 9.78 Å². The van der Waals surface area contributed by atoms with Crippen molar-refractivity contribution in [2.24, 2.45) is 14.1 Å². The van der Waals surface area contributed by atoms with E-state index in [-0.39, 0.29) is 24.0 Å². The molecule has 1 aromatic carbocycles. The zero-order chi connectivity index (χ0) is 22.0. The van der Waals surface area contributed by atoms with E-state index in [1.807, 2.05) is 17.0 Å². The monoisotopic (exact) mass is 423 g/mol. The number of piperidine rings is 1. The molecule has 3 atom stereocenters. The van der Waals surface area contributed by atoms with Crippen LogP contribution >= 0.6 is 0 Å². The fourth-order valence-corrected chi connectivity index (χ4v) is 5.26. The molecule has 0 spiro atoms. The summed E-state index contributed by atoms with van der Waals surface area (Å²) in [6.07, 6.45) is 2.42. The van der Waals surface area contributed by atoms with E-state index in [2.05, 4.69) is 25.0 Å². The number of nitrogens with one attached hydrogen (secondary N) is 1. The number of amides is 1. The Hall–Kier alpha value is -3.20. The summed E-state index contributed by atoms with van der Waals surface area (Å²) in [4.78, 5) is 46.2. The first-order chi connectivity index (χ1) is 14.8. The van der Waals surface area contributed by atoms with Crippen LogP contribution in [-0.4, -0.2) is 50.8 Å². The van der Waals surface area contributed by atoms with Crippen LogP contribution in [0.15, 0.2) is 34.1 Å². The van der Waals surface area contributed by atoms with Gasteiger partial charge in [0, 0.05) is 26.2 Å². The average Bonchev–Trinajstić information content (AvgIpc) is 3.29. The van der Waals surface area contributed by atoms with Crippen LogP contribution in [0.4, 0.5) is 5.69 Å². The van der Waals surface area contributed by atoms with Crippen molar-refractivity contribution in [3.63, 3.8) is 0 Å². The van der Waals surface area contributed by atoms with Gasteiger partial charge in [0.2, 0.25) is 5.91 Å². The molecule has 5 rings (SSSR count). The van der Waals surface area contributed by atoms with Crippen molar-refractivity contribution in [2.45, 2.75) is 31.8 Å². The van der Waals surface area contributed by atoms with Gasteiger partial charge in [-0.3, -0.25) is 18.7 Å². The van der Waals surface area contributed by atoms with Gasteiger partial charge in [0.25, 0.3) is 5.56 Å². The normalized spacial score (nSPS) is 22.6. The Morgan fingerprint density at radius 3 is 2.77 bits per heavy atom. The molecule has 0 saturated carbocycles. The predicted octanol–water partition coefficient (Wildman–Crippen LogP) is -0.840. The van der Waals surface area contributed by atoms with Gasteiger partial charge in [0.1, 0.15) is 6.54 Å². The molecule has 31 heavy (non-hydrogen) atoms. The summed E-state index contributed by atoms with van der Waals surface area (Å²) in [5.41, 5.74) is 3.09. The number of fused-ring (bicyclic) bond motifs is 4. The molecule has 2 aliphatic rings. The summed E-state index contributed by atoms with van der Waals surface area (Å²) in [7, 11) is 5.22. The molecular formula is C22H27N6O3+. The van der Waals surface area contributed by atoms with E-state index in [9.17, 15) is 14.4 Å². The van der Waals surface area contributed by atoms with Crippen LogP contribution in [0.25, 0.3) is 11.2 Å². The Labute approximate surface area is 179 Å². The molecule has 1 unspecified atom stereocenters. The van der Waals surface area contributed by atoms with E-state index in [1.54, 1.807) is 11.6 Å². The maximum absolute atomic E-state index is 13.6. The van der Waals surface area contributed by atoms with Gasteiger partial charge >= 0.3 is 5.69 Å². The molecule has 2 aromatic heterocycles. The number of carbonyl (C=O) groups is 1. The molecule has 1 fully saturated rings. The number of carbonyl (C=O) groups excluding carboxylic acids is 1. The lowest BCUT2D eigenvalue weighted by Gasteiger charge is -2.34. The van der Waals surface area contributed by atoms with Crippen LogP contribution in [0.2, 0.25) is 0 Å². The van der Waals surface area contributed by atoms with Gasteiger partial charge in [-0.1, -0.05) is 17.7 Å². The van der Waals surface area contributed by atoms with Crippen molar-refractivity contribution >= 4 is 22.8 Å². The Balaban J connectivity index is 1.56. The minimum Gasteiger partial charge on any atom is -0.337 e. The van der Waals surface area contributed by atoms with E-state index in [4.69, 9.17) is 0 Å². The second-order valence-corrected chi connectivity index (χ2v) is 8.95. The van der Waals surface area contributed by atoms with Crippen molar-refractivity contribution in [1.29, 1.82) is 0 Å². The number of nitrogens with zero attached hydrogens (tertiary/aromatic N) is 5. The lowest BCUT2D eigenvalue weighted by Crippen LogP contribution is -3.11. The third kappa shape index (κ3) is 2.87. The molecule has 4 heterocycles. The van der Waals surface area contributed by atoms with Crippen molar-refractivity contribution in [1.82, 2.24) is 18.7 Å². The lowest BCUT2D eigenvalue weighted by molar-refractivity contribution is -0.886. The van der Waals surface area contributed by atoms with Gasteiger partial charge in [-0.05, 0) is 18.6 Å². The summed E-state index contributed by atoms with van der Waals surface area (Å²) in [6, 6.07) is 6.43. The SMILES string of the molecule is Cc1ccc2c(c1)[C@@H]1C[NH+](C)CC[C@H]1N2C(=O)Cn1cnc2c1c(=O)n(C)c(=O)n2C. The van der Waals surface area contributed by atoms with E-state index < -0.39 is 11.2 Å². The number of benzene rings is 1. The van der Waals surface area contributed by atoms with E-state index in [0.717, 1.165) is 29.8 Å². The topological polar surface area (TPSA) is 86.6 Å². The number of hydrogen-bond acceptors (Lipinski definition) is 4. The fourth-order valence-electron chi connectivity index (χ4n) is 5.26. The van der Waals surface area contributed by atoms with Crippen LogP contribution in [-0.2, 0) is 25.4 Å². The van der Waals surface area contributed by atoms with Crippen LogP contribution in [0.1, 0.15) is 23.5 Å². The average molecular weight is 423 g/mol. The van der Waals surface area contributed by atoms with Crippen LogP contribution in [0.3, 0.4) is 0 Å². The van der Waals surface area contributed by atoms with E-state index in [0.29, 0.717) is 11.6 Å². The minimum atomic E-state index is -0.443. The molecule has 0 radical (unpaired) electrons. The molecule has 1 N–H and O–H groups in total. The molecule has 9 heteroatoms. The molecule has 1 saturated heterocycles. The molecule has 9 nitrogen and oxygen atoms in total. The van der Waals surface area contributed by atoms with Gasteiger partial charge in [-0.2, -0.15) is 0 Å². The number of aryl methyl sites for hydroxylation is 2. The number of rotatable bonds is 2. The van der Waals surface area contributed by atoms with Crippen LogP contribution < -0.4 is 21.0 Å². The van der Waals surface area contributed by atoms with E-state index >= 15 is 0 Å². The highest BCUT2D eigenvalue weighted by Gasteiger charge is 2.45. The maximum Gasteiger partial charge on any atom is 0.332 e. The summed E-state index contributed by atoms with van der Waals surface area (Å²) in [5.74, 6) is 0.258. The summed E-state index contributed by atoms with van der Waals surface area (Å²) in [6.45, 7) is 4.11. The Morgan fingerprint density at radius 2 is 2.00 bits per heavy atom. The molecular weight excluding hydrogens is 396 g/mol. The molecule has 1 amide bonds. The largest absolute Gasteiger partial charge is 0.337 e. The molecule has 2 aliphatic heterocycles. The van der Waals surface area contributed by atoms with Gasteiger partial charge < -0.3 is 14.4 Å². The maximum atomic E-state index is 13.6. The first-order valence-electron chi connectivity index (χ1n) is 10.6. The number of likely N-dealkylation sites (N-methyl/N-ethyl adjacent to an activating group) is 1. The first kappa shape index (κ1) is 19.7. The lowest BCUT2D eigenvalue weighted by atomic mass is 9.89. The van der Waals surface area contributed by atoms with E-state index in [1.165, 1.54) is 34.0 Å². The Kier molecular flexibility index (Phi) is 4.40. The van der Waals surface area contributed by atoms with Crippen molar-refractivity contribution in [2.75, 3.05) is 25.0 Å². The zero-order valence-corrected chi connectivity index (χ0v) is 18.3. The van der Waals surface area contributed by atoms with Gasteiger partial charge in [0.15, 0.2) is 11.2 Å². The summed E-state index contributed by atoms with van der Waals surface area (Å²) < 4.78 is 3.96. The molecule has 162 valence electrons. The predicted molar refractivity (Wildman–Crippen MR) is 117 cm³/mol. The van der Waals surface area contributed by atoms with Crippen LogP contribution in [0, 0.1) is 6.92 Å². The summed E-state index contributed by atoms with van der Waals surface area (Å²) in [5, 5.41) is 0.